The van der Waals surface area contributed by atoms with E-state index in [0.29, 0.717) is 25.3 Å². The van der Waals surface area contributed by atoms with Gasteiger partial charge < -0.3 is 10.4 Å². The predicted octanol–water partition coefficient (Wildman–Crippen LogP) is 3.21. The molecule has 0 saturated heterocycles. The van der Waals surface area contributed by atoms with Gasteiger partial charge in [0.25, 0.3) is 0 Å². The van der Waals surface area contributed by atoms with Crippen molar-refractivity contribution in [3.05, 3.63) is 0 Å². The summed E-state index contributed by atoms with van der Waals surface area (Å²) >= 11 is 0. The fourth-order valence-electron chi connectivity index (χ4n) is 3.10. The molecular weight excluding hydrogens is 254 g/mol. The maximum atomic E-state index is 12.1. The number of nitrogens with one attached hydrogen (secondary N) is 1. The molecule has 3 atom stereocenters. The second-order valence-corrected chi connectivity index (χ2v) is 6.19. The van der Waals surface area contributed by atoms with Gasteiger partial charge in [0, 0.05) is 6.54 Å². The lowest BCUT2D eigenvalue weighted by molar-refractivity contribution is -0.146. The van der Waals surface area contributed by atoms with Gasteiger partial charge >= 0.3 is 5.97 Å². The molecule has 0 aromatic rings. The Morgan fingerprint density at radius 2 is 1.65 bits per heavy atom. The van der Waals surface area contributed by atoms with Crippen molar-refractivity contribution in [1.29, 1.82) is 0 Å². The first-order chi connectivity index (χ1) is 9.56. The van der Waals surface area contributed by atoms with Gasteiger partial charge in [0.05, 0.1) is 11.8 Å². The standard InChI is InChI=1S/C16H29NO3/c1-3-4-5-6-7-8-9-17-15(18)13-10-12(2)11-14(13)16(19)20/h12-14H,3-11H2,1-2H3,(H,17,18)(H,19,20). The van der Waals surface area contributed by atoms with Gasteiger partial charge in [-0.05, 0) is 25.2 Å². The zero-order valence-electron chi connectivity index (χ0n) is 12.9. The Kier molecular flexibility index (Phi) is 7.63. The number of carboxylic acids is 1. The molecule has 4 heteroatoms. The van der Waals surface area contributed by atoms with Crippen molar-refractivity contribution in [2.45, 2.75) is 65.2 Å². The fourth-order valence-corrected chi connectivity index (χ4v) is 3.10. The van der Waals surface area contributed by atoms with Crippen LogP contribution in [-0.2, 0) is 9.59 Å². The summed E-state index contributed by atoms with van der Waals surface area (Å²) in [5.41, 5.74) is 0. The van der Waals surface area contributed by atoms with Crippen LogP contribution in [0.25, 0.3) is 0 Å². The average molecular weight is 283 g/mol. The molecule has 3 unspecified atom stereocenters. The van der Waals surface area contributed by atoms with Crippen LogP contribution in [0.2, 0.25) is 0 Å². The van der Waals surface area contributed by atoms with E-state index < -0.39 is 11.9 Å². The van der Waals surface area contributed by atoms with E-state index in [1.807, 2.05) is 6.92 Å². The van der Waals surface area contributed by atoms with Crippen molar-refractivity contribution in [2.75, 3.05) is 6.54 Å². The molecular formula is C16H29NO3. The third-order valence-electron chi connectivity index (χ3n) is 4.28. The first-order valence-electron chi connectivity index (χ1n) is 8.06. The molecule has 0 aliphatic heterocycles. The first kappa shape index (κ1) is 17.0. The second-order valence-electron chi connectivity index (χ2n) is 6.19. The van der Waals surface area contributed by atoms with Gasteiger partial charge in [0.2, 0.25) is 5.91 Å². The van der Waals surface area contributed by atoms with E-state index >= 15 is 0 Å². The predicted molar refractivity (Wildman–Crippen MR) is 79.4 cm³/mol. The largest absolute Gasteiger partial charge is 0.481 e. The van der Waals surface area contributed by atoms with Crippen LogP contribution in [0, 0.1) is 17.8 Å². The Bertz CT molecular complexity index is 317. The van der Waals surface area contributed by atoms with Gasteiger partial charge in [-0.25, -0.2) is 0 Å². The molecule has 1 aliphatic rings. The minimum Gasteiger partial charge on any atom is -0.481 e. The van der Waals surface area contributed by atoms with E-state index in [4.69, 9.17) is 5.11 Å². The number of carboxylic acid groups (broad SMARTS) is 1. The molecule has 0 spiro atoms. The van der Waals surface area contributed by atoms with Crippen molar-refractivity contribution in [1.82, 2.24) is 5.32 Å². The van der Waals surface area contributed by atoms with Crippen LogP contribution in [0.4, 0.5) is 0 Å². The molecule has 1 aliphatic carbocycles. The van der Waals surface area contributed by atoms with E-state index in [1.165, 1.54) is 25.7 Å². The number of hydrogen-bond acceptors (Lipinski definition) is 2. The average Bonchev–Trinajstić information content (AvgIpc) is 2.80. The molecule has 1 saturated carbocycles. The van der Waals surface area contributed by atoms with Crippen LogP contribution < -0.4 is 5.32 Å². The van der Waals surface area contributed by atoms with Crippen molar-refractivity contribution in [2.24, 2.45) is 17.8 Å². The Labute approximate surface area is 122 Å². The maximum Gasteiger partial charge on any atom is 0.307 e. The third-order valence-corrected chi connectivity index (χ3v) is 4.28. The summed E-state index contributed by atoms with van der Waals surface area (Å²) in [6.07, 6.45) is 8.50. The summed E-state index contributed by atoms with van der Waals surface area (Å²) < 4.78 is 0. The van der Waals surface area contributed by atoms with E-state index in [0.717, 1.165) is 12.8 Å². The highest BCUT2D eigenvalue weighted by Gasteiger charge is 2.40. The monoisotopic (exact) mass is 283 g/mol. The number of hydrogen-bond donors (Lipinski definition) is 2. The van der Waals surface area contributed by atoms with E-state index in [1.54, 1.807) is 0 Å². The SMILES string of the molecule is CCCCCCCCNC(=O)C1CC(C)CC1C(=O)O. The maximum absolute atomic E-state index is 12.1. The highest BCUT2D eigenvalue weighted by molar-refractivity contribution is 5.85. The number of aliphatic carboxylic acids is 1. The quantitative estimate of drug-likeness (QED) is 0.639. The van der Waals surface area contributed by atoms with E-state index in [2.05, 4.69) is 12.2 Å². The molecule has 1 rings (SSSR count). The van der Waals surface area contributed by atoms with Crippen molar-refractivity contribution in [3.63, 3.8) is 0 Å². The summed E-state index contributed by atoms with van der Waals surface area (Å²) in [4.78, 5) is 23.2. The molecule has 116 valence electrons. The summed E-state index contributed by atoms with van der Waals surface area (Å²) in [5.74, 6) is -1.37. The zero-order valence-corrected chi connectivity index (χ0v) is 12.9. The molecule has 0 radical (unpaired) electrons. The highest BCUT2D eigenvalue weighted by atomic mass is 16.4. The topological polar surface area (TPSA) is 66.4 Å². The summed E-state index contributed by atoms with van der Waals surface area (Å²) in [6, 6.07) is 0. The molecule has 2 N–H and O–H groups in total. The normalized spacial score (nSPS) is 25.6. The molecule has 4 nitrogen and oxygen atoms in total. The number of carbonyl (C=O) groups excluding carboxylic acids is 1. The highest BCUT2D eigenvalue weighted by Crippen LogP contribution is 2.36. The lowest BCUT2D eigenvalue weighted by Gasteiger charge is -2.15. The van der Waals surface area contributed by atoms with Crippen LogP contribution in [0.5, 0.6) is 0 Å². The molecule has 1 amide bonds. The lowest BCUT2D eigenvalue weighted by Crippen LogP contribution is -2.35. The summed E-state index contributed by atoms with van der Waals surface area (Å²) in [7, 11) is 0. The van der Waals surface area contributed by atoms with Crippen LogP contribution >= 0.6 is 0 Å². The molecule has 0 bridgehead atoms. The first-order valence-corrected chi connectivity index (χ1v) is 8.06. The summed E-state index contributed by atoms with van der Waals surface area (Å²) in [5, 5.41) is 12.1. The number of unbranched alkanes of at least 4 members (excludes halogenated alkanes) is 5. The Balaban J connectivity index is 2.20. The zero-order chi connectivity index (χ0) is 15.0. The van der Waals surface area contributed by atoms with Gasteiger partial charge in [-0.15, -0.1) is 0 Å². The fraction of sp³-hybridized carbons (Fsp3) is 0.875. The van der Waals surface area contributed by atoms with Crippen LogP contribution in [0.3, 0.4) is 0 Å². The number of rotatable bonds is 9. The van der Waals surface area contributed by atoms with Crippen LogP contribution in [0.15, 0.2) is 0 Å². The Morgan fingerprint density at radius 1 is 1.05 bits per heavy atom. The second kappa shape index (κ2) is 8.98. The third kappa shape index (κ3) is 5.51. The lowest BCUT2D eigenvalue weighted by atomic mass is 9.95. The molecule has 0 heterocycles. The van der Waals surface area contributed by atoms with Gasteiger partial charge in [-0.3, -0.25) is 9.59 Å². The minimum atomic E-state index is -0.825. The van der Waals surface area contributed by atoms with Crippen LogP contribution in [-0.4, -0.2) is 23.5 Å². The smallest absolute Gasteiger partial charge is 0.307 e. The number of amides is 1. The van der Waals surface area contributed by atoms with Gasteiger partial charge in [0.1, 0.15) is 0 Å². The molecule has 1 fully saturated rings. The van der Waals surface area contributed by atoms with Crippen molar-refractivity contribution < 1.29 is 14.7 Å². The molecule has 0 aromatic carbocycles. The minimum absolute atomic E-state index is 0.0599. The van der Waals surface area contributed by atoms with Gasteiger partial charge in [0.15, 0.2) is 0 Å². The molecule has 0 aromatic heterocycles. The Hall–Kier alpha value is -1.06. The number of carbonyl (C=O) groups is 2. The van der Waals surface area contributed by atoms with E-state index in [-0.39, 0.29) is 11.8 Å². The van der Waals surface area contributed by atoms with Crippen molar-refractivity contribution >= 4 is 11.9 Å². The van der Waals surface area contributed by atoms with E-state index in [9.17, 15) is 9.59 Å². The Morgan fingerprint density at radius 3 is 2.30 bits per heavy atom. The van der Waals surface area contributed by atoms with Crippen molar-refractivity contribution in [3.8, 4) is 0 Å². The van der Waals surface area contributed by atoms with Gasteiger partial charge in [-0.1, -0.05) is 46.0 Å². The van der Waals surface area contributed by atoms with Gasteiger partial charge in [-0.2, -0.15) is 0 Å². The molecule has 20 heavy (non-hydrogen) atoms. The van der Waals surface area contributed by atoms with Crippen LogP contribution in [0.1, 0.15) is 65.2 Å². The summed E-state index contributed by atoms with van der Waals surface area (Å²) in [6.45, 7) is 4.90.